The molecule has 1 aromatic carbocycles. The molecule has 1 amide bonds. The van der Waals surface area contributed by atoms with Gasteiger partial charge in [0.05, 0.1) is 18.2 Å². The van der Waals surface area contributed by atoms with Crippen LogP contribution >= 0.6 is 0 Å². The van der Waals surface area contributed by atoms with E-state index in [-0.39, 0.29) is 23.0 Å². The number of nitrogens with two attached hydrogens (primary N) is 1. The van der Waals surface area contributed by atoms with Gasteiger partial charge in [-0.25, -0.2) is 0 Å². The number of amides is 1. The molecular weight excluding hydrogens is 264 g/mol. The van der Waals surface area contributed by atoms with Gasteiger partial charge in [0.2, 0.25) is 0 Å². The Hall–Kier alpha value is -1.55. The Labute approximate surface area is 127 Å². The Morgan fingerprint density at radius 2 is 1.86 bits per heavy atom. The van der Waals surface area contributed by atoms with Crippen LogP contribution in [-0.2, 0) is 0 Å². The summed E-state index contributed by atoms with van der Waals surface area (Å²) < 4.78 is 5.18. The van der Waals surface area contributed by atoms with E-state index in [0.29, 0.717) is 11.3 Å². The summed E-state index contributed by atoms with van der Waals surface area (Å²) in [5.41, 5.74) is 0.946. The van der Waals surface area contributed by atoms with E-state index >= 15 is 0 Å². The molecule has 4 heteroatoms. The van der Waals surface area contributed by atoms with Crippen LogP contribution in [0.4, 0.5) is 0 Å². The Bertz CT molecular complexity index is 507. The Balaban J connectivity index is 2.08. The second kappa shape index (κ2) is 5.68. The molecule has 0 spiro atoms. The molecule has 2 rings (SSSR count). The van der Waals surface area contributed by atoms with Gasteiger partial charge in [-0.2, -0.15) is 0 Å². The van der Waals surface area contributed by atoms with Crippen molar-refractivity contribution in [3.63, 3.8) is 0 Å². The molecule has 1 aromatic rings. The smallest absolute Gasteiger partial charge is 0.251 e. The summed E-state index contributed by atoms with van der Waals surface area (Å²) in [5.74, 6) is 0.688. The van der Waals surface area contributed by atoms with Crippen molar-refractivity contribution in [2.24, 2.45) is 0 Å². The van der Waals surface area contributed by atoms with Crippen LogP contribution in [0.2, 0.25) is 0 Å². The van der Waals surface area contributed by atoms with Crippen LogP contribution in [0.1, 0.15) is 50.9 Å². The van der Waals surface area contributed by atoms with Crippen molar-refractivity contribution in [2.45, 2.75) is 57.7 Å². The maximum Gasteiger partial charge on any atom is 0.251 e. The summed E-state index contributed by atoms with van der Waals surface area (Å²) in [5, 5.41) is 5.59. The van der Waals surface area contributed by atoms with E-state index in [1.807, 2.05) is 18.2 Å². The van der Waals surface area contributed by atoms with E-state index in [2.05, 4.69) is 38.3 Å². The maximum absolute atomic E-state index is 12.4. The summed E-state index contributed by atoms with van der Waals surface area (Å²) in [6, 6.07) is 7.50. The van der Waals surface area contributed by atoms with Crippen LogP contribution in [-0.4, -0.2) is 30.1 Å². The van der Waals surface area contributed by atoms with Gasteiger partial charge < -0.3 is 15.4 Å². The minimum absolute atomic E-state index is 0.0209. The Morgan fingerprint density at radius 1 is 1.24 bits per heavy atom. The summed E-state index contributed by atoms with van der Waals surface area (Å²) >= 11 is 0. The summed E-state index contributed by atoms with van der Waals surface area (Å²) in [4.78, 5) is 12.4. The third-order valence-electron chi connectivity index (χ3n) is 3.99. The number of methoxy groups -OCH3 is 1. The fraction of sp³-hybridized carbons (Fsp3) is 0.588. The highest BCUT2D eigenvalue weighted by Crippen LogP contribution is 2.22. The molecule has 116 valence electrons. The van der Waals surface area contributed by atoms with E-state index < -0.39 is 0 Å². The zero-order valence-corrected chi connectivity index (χ0v) is 13.7. The summed E-state index contributed by atoms with van der Waals surface area (Å²) in [7, 11) is 1.61. The van der Waals surface area contributed by atoms with Crippen molar-refractivity contribution in [2.75, 3.05) is 7.11 Å². The van der Waals surface area contributed by atoms with Gasteiger partial charge in [0, 0.05) is 24.4 Å². The Kier molecular flexibility index (Phi) is 4.28. The van der Waals surface area contributed by atoms with E-state index in [9.17, 15) is 4.79 Å². The lowest BCUT2D eigenvalue weighted by Crippen LogP contribution is -3.06. The van der Waals surface area contributed by atoms with Crippen LogP contribution in [0.5, 0.6) is 5.75 Å². The summed E-state index contributed by atoms with van der Waals surface area (Å²) in [6.45, 7) is 8.94. The van der Waals surface area contributed by atoms with Gasteiger partial charge in [0.1, 0.15) is 5.75 Å². The highest BCUT2D eigenvalue weighted by Gasteiger charge is 2.42. The van der Waals surface area contributed by atoms with Gasteiger partial charge >= 0.3 is 0 Å². The average molecular weight is 291 g/mol. The van der Waals surface area contributed by atoms with Crippen molar-refractivity contribution in [3.8, 4) is 5.75 Å². The highest BCUT2D eigenvalue weighted by atomic mass is 16.5. The number of rotatable bonds is 3. The summed E-state index contributed by atoms with van der Waals surface area (Å²) in [6.07, 6.45) is 1.96. The van der Waals surface area contributed by atoms with Crippen molar-refractivity contribution >= 4 is 5.91 Å². The number of benzene rings is 1. The molecule has 21 heavy (non-hydrogen) atoms. The first-order valence-electron chi connectivity index (χ1n) is 7.53. The molecule has 0 aliphatic carbocycles. The second-order valence-electron chi connectivity index (χ2n) is 7.43. The first kappa shape index (κ1) is 15.8. The minimum Gasteiger partial charge on any atom is -0.497 e. The second-order valence-corrected chi connectivity index (χ2v) is 7.43. The first-order chi connectivity index (χ1) is 9.71. The molecule has 1 aliphatic rings. The van der Waals surface area contributed by atoms with Gasteiger partial charge in [-0.05, 0) is 45.9 Å². The maximum atomic E-state index is 12.4. The van der Waals surface area contributed by atoms with E-state index in [4.69, 9.17) is 4.74 Å². The Morgan fingerprint density at radius 3 is 2.43 bits per heavy atom. The fourth-order valence-electron chi connectivity index (χ4n) is 3.65. The predicted molar refractivity (Wildman–Crippen MR) is 83.6 cm³/mol. The van der Waals surface area contributed by atoms with Crippen LogP contribution in [0.15, 0.2) is 24.3 Å². The molecule has 3 N–H and O–H groups in total. The van der Waals surface area contributed by atoms with Crippen molar-refractivity contribution in [3.05, 3.63) is 29.8 Å². The lowest BCUT2D eigenvalue weighted by atomic mass is 9.79. The number of quaternary nitrogens is 1. The van der Waals surface area contributed by atoms with E-state index in [1.165, 1.54) is 0 Å². The van der Waals surface area contributed by atoms with Crippen LogP contribution in [0, 0.1) is 0 Å². The molecule has 0 aromatic heterocycles. The van der Waals surface area contributed by atoms with Gasteiger partial charge in [0.25, 0.3) is 5.91 Å². The molecule has 1 fully saturated rings. The minimum atomic E-state index is -0.0209. The lowest BCUT2D eigenvalue weighted by molar-refractivity contribution is -0.787. The van der Waals surface area contributed by atoms with Crippen LogP contribution < -0.4 is 15.4 Å². The SMILES string of the molecule is COc1cccc(C(=O)NC2CC(C)(C)[NH2+]C(C)(C)C2)c1. The topological polar surface area (TPSA) is 54.9 Å². The molecule has 0 unspecified atom stereocenters. The molecule has 1 saturated heterocycles. The predicted octanol–water partition coefficient (Wildman–Crippen LogP) is 1.71. The fourth-order valence-corrected chi connectivity index (χ4v) is 3.65. The molecule has 4 nitrogen and oxygen atoms in total. The van der Waals surface area contributed by atoms with Crippen molar-refractivity contribution < 1.29 is 14.8 Å². The normalized spacial score (nSPS) is 20.8. The monoisotopic (exact) mass is 291 g/mol. The average Bonchev–Trinajstić information content (AvgIpc) is 2.35. The molecule has 0 radical (unpaired) electrons. The lowest BCUT2D eigenvalue weighted by Gasteiger charge is -2.43. The number of carbonyl (C=O) groups excluding carboxylic acids is 1. The van der Waals surface area contributed by atoms with Crippen molar-refractivity contribution in [1.82, 2.24) is 5.32 Å². The molecule has 0 atom stereocenters. The molecule has 1 heterocycles. The first-order valence-corrected chi connectivity index (χ1v) is 7.53. The van der Waals surface area contributed by atoms with Gasteiger partial charge in [0.15, 0.2) is 0 Å². The number of nitrogens with one attached hydrogen (secondary N) is 1. The molecule has 1 aliphatic heterocycles. The highest BCUT2D eigenvalue weighted by molar-refractivity contribution is 5.94. The number of ether oxygens (including phenoxy) is 1. The number of hydrogen-bond acceptors (Lipinski definition) is 2. The molecule has 0 saturated carbocycles. The third kappa shape index (κ3) is 4.21. The van der Waals surface area contributed by atoms with Crippen LogP contribution in [0.3, 0.4) is 0 Å². The zero-order chi connectivity index (χ0) is 15.7. The van der Waals surface area contributed by atoms with Crippen molar-refractivity contribution in [1.29, 1.82) is 0 Å². The zero-order valence-electron chi connectivity index (χ0n) is 13.7. The third-order valence-corrected chi connectivity index (χ3v) is 3.99. The largest absolute Gasteiger partial charge is 0.497 e. The number of piperidine rings is 1. The van der Waals surface area contributed by atoms with Crippen LogP contribution in [0.25, 0.3) is 0 Å². The number of hydrogen-bond donors (Lipinski definition) is 2. The van der Waals surface area contributed by atoms with Gasteiger partial charge in [-0.1, -0.05) is 6.07 Å². The van der Waals surface area contributed by atoms with Gasteiger partial charge in [-0.3, -0.25) is 4.79 Å². The standard InChI is InChI=1S/C17H26N2O2/c1-16(2)10-13(11-17(3,4)19-16)18-15(20)12-7-6-8-14(9-12)21-5/h6-9,13,19H,10-11H2,1-5H3,(H,18,20)/p+1. The quantitative estimate of drug-likeness (QED) is 0.891. The van der Waals surface area contributed by atoms with Gasteiger partial charge in [-0.15, -0.1) is 0 Å². The molecule has 0 bridgehead atoms. The number of carbonyl (C=O) groups is 1. The van der Waals surface area contributed by atoms with E-state index in [1.54, 1.807) is 13.2 Å². The van der Waals surface area contributed by atoms with E-state index in [0.717, 1.165) is 12.8 Å². The molecular formula is C17H27N2O2+.